The molecule has 1 aliphatic heterocycles. The lowest BCUT2D eigenvalue weighted by Crippen LogP contribution is -2.41. The number of nitrogens with zero attached hydrogens (tertiary/aromatic N) is 2. The highest BCUT2D eigenvalue weighted by molar-refractivity contribution is 6.61. The molecule has 0 aromatic carbocycles. The molecular formula is C10H14BF3N2O2. The summed E-state index contributed by atoms with van der Waals surface area (Å²) < 4.78 is 48.4. The Bertz CT molecular complexity index is 440. The number of hydrogen-bond donors (Lipinski definition) is 0. The van der Waals surface area contributed by atoms with E-state index >= 15 is 0 Å². The van der Waals surface area contributed by atoms with Crippen LogP contribution in [0.25, 0.3) is 0 Å². The monoisotopic (exact) mass is 262 g/mol. The summed E-state index contributed by atoms with van der Waals surface area (Å²) in [6, 6.07) is 1.25. The van der Waals surface area contributed by atoms with Crippen LogP contribution in [-0.4, -0.2) is 28.1 Å². The van der Waals surface area contributed by atoms with E-state index in [9.17, 15) is 13.2 Å². The van der Waals surface area contributed by atoms with E-state index in [0.29, 0.717) is 0 Å². The fourth-order valence-corrected chi connectivity index (χ4v) is 1.57. The van der Waals surface area contributed by atoms with Crippen LogP contribution in [0.5, 0.6) is 0 Å². The molecule has 2 heterocycles. The van der Waals surface area contributed by atoms with Gasteiger partial charge in [0.05, 0.1) is 16.8 Å². The minimum absolute atomic E-state index is 0.0621. The van der Waals surface area contributed by atoms with Crippen LogP contribution in [0.4, 0.5) is 13.2 Å². The summed E-state index contributed by atoms with van der Waals surface area (Å²) in [6.07, 6.45) is -3.68. The minimum atomic E-state index is -4.53. The highest BCUT2D eigenvalue weighted by Crippen LogP contribution is 2.36. The number of rotatable bonds is 1. The predicted molar refractivity (Wildman–Crippen MR) is 59.2 cm³/mol. The zero-order chi connectivity index (χ0) is 13.8. The van der Waals surface area contributed by atoms with Crippen LogP contribution >= 0.6 is 0 Å². The molecule has 1 fully saturated rings. The quantitative estimate of drug-likeness (QED) is 0.722. The van der Waals surface area contributed by atoms with Crippen LogP contribution in [0.2, 0.25) is 0 Å². The summed E-state index contributed by atoms with van der Waals surface area (Å²) in [5.41, 5.74) is -1.08. The van der Waals surface area contributed by atoms with Crippen molar-refractivity contribution in [1.29, 1.82) is 0 Å². The number of aromatic nitrogens is 2. The molecule has 1 aliphatic rings. The Morgan fingerprint density at radius 3 is 2.06 bits per heavy atom. The lowest BCUT2D eigenvalue weighted by molar-refractivity contribution is -0.212. The van der Waals surface area contributed by atoms with Gasteiger partial charge in [0.15, 0.2) is 0 Å². The van der Waals surface area contributed by atoms with E-state index in [0.717, 1.165) is 6.20 Å². The van der Waals surface area contributed by atoms with Gasteiger partial charge >= 0.3 is 13.4 Å². The zero-order valence-electron chi connectivity index (χ0n) is 10.6. The number of halogens is 3. The first-order valence-corrected chi connectivity index (χ1v) is 5.51. The van der Waals surface area contributed by atoms with E-state index in [2.05, 4.69) is 5.10 Å². The van der Waals surface area contributed by atoms with Gasteiger partial charge in [-0.25, -0.2) is 0 Å². The van der Waals surface area contributed by atoms with Crippen molar-refractivity contribution in [2.45, 2.75) is 45.2 Å². The van der Waals surface area contributed by atoms with Gasteiger partial charge < -0.3 is 9.31 Å². The van der Waals surface area contributed by atoms with Crippen molar-refractivity contribution in [3.8, 4) is 0 Å². The molecule has 2 rings (SSSR count). The number of alkyl halides is 3. The molecule has 1 aromatic rings. The molecular weight excluding hydrogens is 248 g/mol. The maximum atomic E-state index is 12.4. The van der Waals surface area contributed by atoms with Crippen LogP contribution in [0, 0.1) is 0 Å². The second kappa shape index (κ2) is 3.74. The molecule has 0 spiro atoms. The summed E-state index contributed by atoms with van der Waals surface area (Å²) in [5.74, 6) is 0. The van der Waals surface area contributed by atoms with E-state index in [4.69, 9.17) is 9.31 Å². The molecule has 0 bridgehead atoms. The molecule has 18 heavy (non-hydrogen) atoms. The van der Waals surface area contributed by atoms with Gasteiger partial charge in [-0.15, -0.1) is 13.2 Å². The van der Waals surface area contributed by atoms with Gasteiger partial charge in [-0.05, 0) is 33.8 Å². The Balaban J connectivity index is 2.23. The van der Waals surface area contributed by atoms with Gasteiger partial charge in [-0.3, -0.25) is 0 Å². The molecule has 100 valence electrons. The molecule has 1 aromatic heterocycles. The molecule has 1 saturated heterocycles. The predicted octanol–water partition coefficient (Wildman–Crippen LogP) is 1.66. The Kier molecular flexibility index (Phi) is 2.79. The molecule has 0 amide bonds. The molecule has 0 radical (unpaired) electrons. The van der Waals surface area contributed by atoms with Crippen LogP contribution in [0.3, 0.4) is 0 Å². The Labute approximate surface area is 103 Å². The van der Waals surface area contributed by atoms with Crippen LogP contribution < -0.4 is 5.59 Å². The minimum Gasteiger partial charge on any atom is -0.398 e. The van der Waals surface area contributed by atoms with Gasteiger partial charge in [-0.1, -0.05) is 0 Å². The zero-order valence-corrected chi connectivity index (χ0v) is 10.6. The van der Waals surface area contributed by atoms with Gasteiger partial charge in [0.25, 0.3) is 0 Å². The van der Waals surface area contributed by atoms with Crippen LogP contribution in [-0.2, 0) is 15.6 Å². The lowest BCUT2D eigenvalue weighted by atomic mass is 9.85. The van der Waals surface area contributed by atoms with Gasteiger partial charge in [-0.2, -0.15) is 9.78 Å². The molecule has 0 N–H and O–H groups in total. The van der Waals surface area contributed by atoms with E-state index in [-0.39, 0.29) is 10.3 Å². The summed E-state index contributed by atoms with van der Waals surface area (Å²) >= 11 is 0. The van der Waals surface area contributed by atoms with Crippen molar-refractivity contribution < 1.29 is 22.5 Å². The highest BCUT2D eigenvalue weighted by atomic mass is 19.4. The maximum absolute atomic E-state index is 12.4. The summed E-state index contributed by atoms with van der Waals surface area (Å²) in [7, 11) is -0.876. The van der Waals surface area contributed by atoms with Crippen LogP contribution in [0.1, 0.15) is 27.7 Å². The highest BCUT2D eigenvalue weighted by Gasteiger charge is 2.53. The van der Waals surface area contributed by atoms with Gasteiger partial charge in [0.2, 0.25) is 0 Å². The smallest absolute Gasteiger partial charge is 0.398 e. The molecule has 8 heteroatoms. The van der Waals surface area contributed by atoms with Crippen molar-refractivity contribution >= 4 is 12.7 Å². The van der Waals surface area contributed by atoms with Gasteiger partial charge in [0.1, 0.15) is 0 Å². The molecule has 0 atom stereocenters. The van der Waals surface area contributed by atoms with E-state index in [1.54, 1.807) is 0 Å². The fraction of sp³-hybridized carbons (Fsp3) is 0.700. The van der Waals surface area contributed by atoms with Crippen molar-refractivity contribution in [2.75, 3.05) is 0 Å². The van der Waals surface area contributed by atoms with Crippen molar-refractivity contribution in [3.63, 3.8) is 0 Å². The third-order valence-corrected chi connectivity index (χ3v) is 3.36. The van der Waals surface area contributed by atoms with Gasteiger partial charge in [0, 0.05) is 6.20 Å². The maximum Gasteiger partial charge on any atom is 0.516 e. The first-order valence-electron chi connectivity index (χ1n) is 5.51. The Morgan fingerprint density at radius 1 is 1.17 bits per heavy atom. The third kappa shape index (κ3) is 2.14. The standard InChI is InChI=1S/C10H14BF3N2O2/c1-8(2)9(3,4)18-11(17-8)7-5-6-16(15-7)10(12,13)14/h5-6H,1-4H3. The Morgan fingerprint density at radius 2 is 1.67 bits per heavy atom. The normalized spacial score (nSPS) is 22.5. The molecule has 0 saturated carbocycles. The second-order valence-corrected chi connectivity index (χ2v) is 5.24. The molecule has 0 unspecified atom stereocenters. The van der Waals surface area contributed by atoms with Crippen molar-refractivity contribution in [1.82, 2.24) is 9.78 Å². The number of hydrogen-bond acceptors (Lipinski definition) is 3. The summed E-state index contributed by atoms with van der Waals surface area (Å²) in [4.78, 5) is 0. The van der Waals surface area contributed by atoms with E-state index in [1.165, 1.54) is 6.07 Å². The average molecular weight is 262 g/mol. The Hall–Kier alpha value is -1.02. The molecule has 0 aliphatic carbocycles. The average Bonchev–Trinajstić information content (AvgIpc) is 2.69. The molecule has 4 nitrogen and oxygen atoms in total. The summed E-state index contributed by atoms with van der Waals surface area (Å²) in [6.45, 7) is 7.31. The topological polar surface area (TPSA) is 36.3 Å². The third-order valence-electron chi connectivity index (χ3n) is 3.36. The van der Waals surface area contributed by atoms with E-state index < -0.39 is 24.6 Å². The van der Waals surface area contributed by atoms with E-state index in [1.807, 2.05) is 27.7 Å². The lowest BCUT2D eigenvalue weighted by Gasteiger charge is -2.32. The summed E-state index contributed by atoms with van der Waals surface area (Å²) in [5, 5.41) is 3.44. The fourth-order valence-electron chi connectivity index (χ4n) is 1.57. The SMILES string of the molecule is CC1(C)OB(c2ccn(C(F)(F)F)n2)OC1(C)C. The van der Waals surface area contributed by atoms with Crippen LogP contribution in [0.15, 0.2) is 12.3 Å². The first-order chi connectivity index (χ1) is 8.03. The van der Waals surface area contributed by atoms with Crippen molar-refractivity contribution in [2.24, 2.45) is 0 Å². The second-order valence-electron chi connectivity index (χ2n) is 5.24. The largest absolute Gasteiger partial charge is 0.516 e. The van der Waals surface area contributed by atoms with Crippen molar-refractivity contribution in [3.05, 3.63) is 12.3 Å². The first kappa shape index (κ1) is 13.4.